The molecule has 1 fully saturated rings. The van der Waals surface area contributed by atoms with E-state index in [4.69, 9.17) is 10.9 Å². The summed E-state index contributed by atoms with van der Waals surface area (Å²) >= 11 is 0. The molecule has 0 aromatic carbocycles. The molecule has 0 aromatic rings. The van der Waals surface area contributed by atoms with Gasteiger partial charge >= 0.3 is 0 Å². The summed E-state index contributed by atoms with van der Waals surface area (Å²) in [5, 5.41) is 11.3. The number of carbonyl (C=O) groups is 1. The van der Waals surface area contributed by atoms with E-state index in [-0.39, 0.29) is 17.7 Å². The van der Waals surface area contributed by atoms with Crippen LogP contribution >= 0.6 is 0 Å². The summed E-state index contributed by atoms with van der Waals surface area (Å²) in [6.45, 7) is 3.18. The van der Waals surface area contributed by atoms with Gasteiger partial charge in [-0.15, -0.1) is 0 Å². The molecule has 0 bridgehead atoms. The molecule has 1 aliphatic carbocycles. The van der Waals surface area contributed by atoms with Crippen LogP contribution in [0.25, 0.3) is 0 Å². The van der Waals surface area contributed by atoms with Crippen molar-refractivity contribution in [2.24, 2.45) is 16.8 Å². The van der Waals surface area contributed by atoms with Gasteiger partial charge in [0.15, 0.2) is 0 Å². The maximum atomic E-state index is 11.8. The van der Waals surface area contributed by atoms with Crippen molar-refractivity contribution in [1.29, 1.82) is 0 Å². The third-order valence-corrected chi connectivity index (χ3v) is 2.91. The number of amidine groups is 1. The minimum absolute atomic E-state index is 0.176. The van der Waals surface area contributed by atoms with Crippen molar-refractivity contribution >= 4 is 11.7 Å². The van der Waals surface area contributed by atoms with Gasteiger partial charge in [-0.3, -0.25) is 4.79 Å². The lowest BCUT2D eigenvalue weighted by Gasteiger charge is -2.30. The van der Waals surface area contributed by atoms with E-state index in [2.05, 4.69) is 5.16 Å². The summed E-state index contributed by atoms with van der Waals surface area (Å²) in [5.74, 6) is 0.613. The molecular weight excluding hydrogens is 194 g/mol. The van der Waals surface area contributed by atoms with E-state index in [1.54, 1.807) is 4.90 Å². The highest BCUT2D eigenvalue weighted by Gasteiger charge is 2.28. The summed E-state index contributed by atoms with van der Waals surface area (Å²) in [5.41, 5.74) is 5.36. The Kier molecular flexibility index (Phi) is 4.39. The molecule has 0 atom stereocenters. The maximum absolute atomic E-state index is 11.8. The standard InChI is InChI=1S/C10H19N3O2/c1-2-13(7-6-9(11)12-15)10(14)8-4-3-5-8/h8,15H,2-7H2,1H3,(H2,11,12). The Hall–Kier alpha value is -1.26. The summed E-state index contributed by atoms with van der Waals surface area (Å²) in [6.07, 6.45) is 3.62. The van der Waals surface area contributed by atoms with E-state index in [9.17, 15) is 4.79 Å². The highest BCUT2D eigenvalue weighted by Crippen LogP contribution is 2.28. The molecule has 0 saturated heterocycles. The monoisotopic (exact) mass is 213 g/mol. The molecule has 3 N–H and O–H groups in total. The van der Waals surface area contributed by atoms with E-state index < -0.39 is 0 Å². The van der Waals surface area contributed by atoms with E-state index in [1.165, 1.54) is 0 Å². The molecule has 0 spiro atoms. The molecule has 1 saturated carbocycles. The summed E-state index contributed by atoms with van der Waals surface area (Å²) in [7, 11) is 0. The molecule has 1 rings (SSSR count). The zero-order valence-electron chi connectivity index (χ0n) is 9.15. The SMILES string of the molecule is CCN(CCC(N)=NO)C(=O)C1CCC1. The Morgan fingerprint density at radius 3 is 2.67 bits per heavy atom. The molecule has 86 valence electrons. The van der Waals surface area contributed by atoms with Crippen LogP contribution in [0.1, 0.15) is 32.6 Å². The number of rotatable bonds is 5. The van der Waals surface area contributed by atoms with Crippen molar-refractivity contribution in [3.8, 4) is 0 Å². The summed E-state index contributed by atoms with van der Waals surface area (Å²) in [4.78, 5) is 13.6. The zero-order chi connectivity index (χ0) is 11.3. The topological polar surface area (TPSA) is 78.9 Å². The number of hydrogen-bond donors (Lipinski definition) is 2. The first-order chi connectivity index (χ1) is 7.19. The molecule has 1 aliphatic rings. The number of carbonyl (C=O) groups excluding carboxylic acids is 1. The predicted molar refractivity (Wildman–Crippen MR) is 57.6 cm³/mol. The van der Waals surface area contributed by atoms with Crippen molar-refractivity contribution in [2.45, 2.75) is 32.6 Å². The fraction of sp³-hybridized carbons (Fsp3) is 0.800. The molecule has 0 unspecified atom stereocenters. The van der Waals surface area contributed by atoms with E-state index in [1.807, 2.05) is 6.92 Å². The number of amides is 1. The molecule has 1 amide bonds. The number of nitrogens with zero attached hydrogens (tertiary/aromatic N) is 2. The fourth-order valence-corrected chi connectivity index (χ4v) is 1.64. The van der Waals surface area contributed by atoms with Gasteiger partial charge in [-0.25, -0.2) is 0 Å². The van der Waals surface area contributed by atoms with Crippen molar-refractivity contribution in [3.63, 3.8) is 0 Å². The van der Waals surface area contributed by atoms with E-state index in [0.717, 1.165) is 19.3 Å². The molecule has 5 nitrogen and oxygen atoms in total. The fourth-order valence-electron chi connectivity index (χ4n) is 1.64. The predicted octanol–water partition coefficient (Wildman–Crippen LogP) is 0.771. The highest BCUT2D eigenvalue weighted by molar-refractivity contribution is 5.82. The van der Waals surface area contributed by atoms with Crippen LogP contribution in [0, 0.1) is 5.92 Å². The highest BCUT2D eigenvalue weighted by atomic mass is 16.4. The first-order valence-corrected chi connectivity index (χ1v) is 5.44. The van der Waals surface area contributed by atoms with Gasteiger partial charge in [-0.1, -0.05) is 11.6 Å². The Morgan fingerprint density at radius 2 is 2.27 bits per heavy atom. The van der Waals surface area contributed by atoms with Gasteiger partial charge in [-0.2, -0.15) is 0 Å². The van der Waals surface area contributed by atoms with Gasteiger partial charge in [0.05, 0.1) is 0 Å². The lowest BCUT2D eigenvalue weighted by Crippen LogP contribution is -2.40. The number of nitrogens with two attached hydrogens (primary N) is 1. The molecule has 15 heavy (non-hydrogen) atoms. The summed E-state index contributed by atoms with van der Waals surface area (Å²) in [6, 6.07) is 0. The average molecular weight is 213 g/mol. The van der Waals surface area contributed by atoms with Crippen molar-refractivity contribution in [2.75, 3.05) is 13.1 Å². The third kappa shape index (κ3) is 3.11. The third-order valence-electron chi connectivity index (χ3n) is 2.91. The van der Waals surface area contributed by atoms with Crippen molar-refractivity contribution in [1.82, 2.24) is 4.90 Å². The van der Waals surface area contributed by atoms with Crippen LogP contribution in [0.2, 0.25) is 0 Å². The summed E-state index contributed by atoms with van der Waals surface area (Å²) < 4.78 is 0. The van der Waals surface area contributed by atoms with E-state index >= 15 is 0 Å². The molecule has 0 radical (unpaired) electrons. The smallest absolute Gasteiger partial charge is 0.225 e. The van der Waals surface area contributed by atoms with Gasteiger partial charge in [0, 0.05) is 25.4 Å². The molecule has 5 heteroatoms. The van der Waals surface area contributed by atoms with Crippen LogP contribution in [0.5, 0.6) is 0 Å². The lowest BCUT2D eigenvalue weighted by atomic mass is 9.84. The van der Waals surface area contributed by atoms with Crippen molar-refractivity contribution < 1.29 is 10.0 Å². The van der Waals surface area contributed by atoms with Crippen LogP contribution in [0.3, 0.4) is 0 Å². The van der Waals surface area contributed by atoms with Crippen LogP contribution in [0.15, 0.2) is 5.16 Å². The second-order valence-corrected chi connectivity index (χ2v) is 3.89. The van der Waals surface area contributed by atoms with Gasteiger partial charge in [0.1, 0.15) is 5.84 Å². The van der Waals surface area contributed by atoms with Crippen molar-refractivity contribution in [3.05, 3.63) is 0 Å². The molecule has 0 heterocycles. The van der Waals surface area contributed by atoms with Crippen LogP contribution < -0.4 is 5.73 Å². The number of oxime groups is 1. The zero-order valence-corrected chi connectivity index (χ0v) is 9.15. The molecule has 0 aliphatic heterocycles. The largest absolute Gasteiger partial charge is 0.409 e. The second-order valence-electron chi connectivity index (χ2n) is 3.89. The Bertz CT molecular complexity index is 249. The quantitative estimate of drug-likeness (QED) is 0.306. The first kappa shape index (κ1) is 11.8. The van der Waals surface area contributed by atoms with Gasteiger partial charge in [0.2, 0.25) is 5.91 Å². The van der Waals surface area contributed by atoms with Crippen LogP contribution in [-0.2, 0) is 4.79 Å². The lowest BCUT2D eigenvalue weighted by molar-refractivity contribution is -0.137. The van der Waals surface area contributed by atoms with Crippen LogP contribution in [0.4, 0.5) is 0 Å². The minimum atomic E-state index is 0.176. The minimum Gasteiger partial charge on any atom is -0.409 e. The Balaban J connectivity index is 2.37. The maximum Gasteiger partial charge on any atom is 0.225 e. The van der Waals surface area contributed by atoms with Crippen LogP contribution in [-0.4, -0.2) is 34.9 Å². The first-order valence-electron chi connectivity index (χ1n) is 5.44. The average Bonchev–Trinajstić information content (AvgIpc) is 2.15. The Labute approximate surface area is 89.9 Å². The van der Waals surface area contributed by atoms with Gasteiger partial charge in [-0.05, 0) is 19.8 Å². The van der Waals surface area contributed by atoms with Gasteiger partial charge < -0.3 is 15.8 Å². The molecule has 0 aromatic heterocycles. The van der Waals surface area contributed by atoms with E-state index in [0.29, 0.717) is 19.5 Å². The van der Waals surface area contributed by atoms with Gasteiger partial charge in [0.25, 0.3) is 0 Å². The number of hydrogen-bond acceptors (Lipinski definition) is 3. The molecular formula is C10H19N3O2. The normalized spacial score (nSPS) is 17.3. The Morgan fingerprint density at radius 1 is 1.60 bits per heavy atom. The second kappa shape index (κ2) is 5.58.